The maximum Gasteiger partial charge on any atom is 0.149 e. The van der Waals surface area contributed by atoms with Gasteiger partial charge in [-0.3, -0.25) is 9.78 Å². The number of hydrogen-bond acceptors (Lipinski definition) is 2. The zero-order chi connectivity index (χ0) is 18.9. The average Bonchev–Trinajstić information content (AvgIpc) is 2.58. The predicted molar refractivity (Wildman–Crippen MR) is 100 cm³/mol. The third-order valence-corrected chi connectivity index (χ3v) is 5.00. The number of halogens is 3. The molecule has 1 aromatic heterocycles. The molecule has 2 aromatic carbocycles. The van der Waals surface area contributed by atoms with Crippen molar-refractivity contribution in [1.82, 2.24) is 4.98 Å². The molecule has 1 heterocycles. The summed E-state index contributed by atoms with van der Waals surface area (Å²) in [7, 11) is 0. The number of carbonyl (C=O) groups excluding carboxylic acids is 1. The maximum absolute atomic E-state index is 14.8. The fourth-order valence-electron chi connectivity index (χ4n) is 3.35. The van der Waals surface area contributed by atoms with Crippen molar-refractivity contribution in [3.63, 3.8) is 0 Å². The van der Waals surface area contributed by atoms with Crippen LogP contribution >= 0.6 is 15.9 Å². The van der Waals surface area contributed by atoms with E-state index >= 15 is 0 Å². The SMILES string of the molecule is CC(=O)C(c1ccc(Br)cc1)(c1ccnc(C)c1)c1ccc(F)cc1F. The van der Waals surface area contributed by atoms with Crippen LogP contribution in [0.25, 0.3) is 0 Å². The number of Topliss-reactive ketones (excluding diaryl/α,β-unsaturated/α-hetero) is 1. The lowest BCUT2D eigenvalue weighted by Gasteiger charge is -2.33. The van der Waals surface area contributed by atoms with Gasteiger partial charge in [-0.1, -0.05) is 34.1 Å². The molecule has 0 saturated heterocycles. The molecule has 0 aliphatic rings. The van der Waals surface area contributed by atoms with Crippen LogP contribution in [0.15, 0.2) is 65.3 Å². The van der Waals surface area contributed by atoms with Gasteiger partial charge in [-0.25, -0.2) is 8.78 Å². The second-order valence-corrected chi connectivity index (χ2v) is 7.04. The summed E-state index contributed by atoms with van der Waals surface area (Å²) >= 11 is 3.38. The van der Waals surface area contributed by atoms with Crippen LogP contribution in [0.1, 0.15) is 29.3 Å². The number of benzene rings is 2. The molecule has 26 heavy (non-hydrogen) atoms. The van der Waals surface area contributed by atoms with E-state index in [2.05, 4.69) is 20.9 Å². The monoisotopic (exact) mass is 415 g/mol. The molecule has 0 aliphatic heterocycles. The summed E-state index contributed by atoms with van der Waals surface area (Å²) in [6.45, 7) is 3.22. The van der Waals surface area contributed by atoms with Crippen LogP contribution in [0, 0.1) is 18.6 Å². The number of aromatic nitrogens is 1. The molecule has 0 fully saturated rings. The highest BCUT2D eigenvalue weighted by Gasteiger charge is 2.43. The number of ketones is 1. The predicted octanol–water partition coefficient (Wildman–Crippen LogP) is 5.35. The van der Waals surface area contributed by atoms with Crippen molar-refractivity contribution in [2.45, 2.75) is 19.3 Å². The molecule has 0 amide bonds. The minimum absolute atomic E-state index is 0.110. The van der Waals surface area contributed by atoms with Crippen molar-refractivity contribution in [3.05, 3.63) is 99.3 Å². The van der Waals surface area contributed by atoms with Crippen LogP contribution in [-0.2, 0) is 10.2 Å². The van der Waals surface area contributed by atoms with Crippen molar-refractivity contribution >= 4 is 21.7 Å². The lowest BCUT2D eigenvalue weighted by Crippen LogP contribution is -2.38. The van der Waals surface area contributed by atoms with Gasteiger partial charge >= 0.3 is 0 Å². The highest BCUT2D eigenvalue weighted by Crippen LogP contribution is 2.42. The quantitative estimate of drug-likeness (QED) is 0.574. The van der Waals surface area contributed by atoms with Crippen molar-refractivity contribution < 1.29 is 13.6 Å². The average molecular weight is 416 g/mol. The third-order valence-electron chi connectivity index (χ3n) is 4.47. The normalized spacial score (nSPS) is 13.3. The van der Waals surface area contributed by atoms with E-state index in [-0.39, 0.29) is 11.3 Å². The zero-order valence-electron chi connectivity index (χ0n) is 14.3. The van der Waals surface area contributed by atoms with Gasteiger partial charge in [-0.05, 0) is 55.3 Å². The molecule has 1 unspecified atom stereocenters. The van der Waals surface area contributed by atoms with Crippen LogP contribution in [-0.4, -0.2) is 10.8 Å². The van der Waals surface area contributed by atoms with E-state index in [0.29, 0.717) is 16.8 Å². The summed E-state index contributed by atoms with van der Waals surface area (Å²) < 4.78 is 29.2. The van der Waals surface area contributed by atoms with Crippen LogP contribution in [0.4, 0.5) is 8.78 Å². The summed E-state index contributed by atoms with van der Waals surface area (Å²) in [5.41, 5.74) is 0.605. The van der Waals surface area contributed by atoms with Gasteiger partial charge in [-0.15, -0.1) is 0 Å². The first-order valence-electron chi connectivity index (χ1n) is 8.01. The molecule has 1 atom stereocenters. The molecule has 0 N–H and O–H groups in total. The van der Waals surface area contributed by atoms with Gasteiger partial charge in [0.05, 0.1) is 0 Å². The Hall–Kier alpha value is -2.40. The first-order valence-corrected chi connectivity index (χ1v) is 8.80. The molecule has 0 spiro atoms. The Bertz CT molecular complexity index is 972. The second kappa shape index (κ2) is 7.08. The van der Waals surface area contributed by atoms with Gasteiger partial charge in [0.25, 0.3) is 0 Å². The van der Waals surface area contributed by atoms with E-state index < -0.39 is 17.0 Å². The molecule has 3 aromatic rings. The highest BCUT2D eigenvalue weighted by molar-refractivity contribution is 9.10. The molecular weight excluding hydrogens is 400 g/mol. The van der Waals surface area contributed by atoms with Crippen molar-refractivity contribution in [2.24, 2.45) is 0 Å². The van der Waals surface area contributed by atoms with E-state index in [1.807, 2.05) is 0 Å². The first kappa shape index (κ1) is 18.4. The smallest absolute Gasteiger partial charge is 0.149 e. The largest absolute Gasteiger partial charge is 0.298 e. The molecule has 0 saturated carbocycles. The van der Waals surface area contributed by atoms with Crippen LogP contribution < -0.4 is 0 Å². The van der Waals surface area contributed by atoms with Gasteiger partial charge in [0.2, 0.25) is 0 Å². The number of rotatable bonds is 4. The number of carbonyl (C=O) groups is 1. The maximum atomic E-state index is 14.8. The standard InChI is InChI=1S/C21H16BrF2NO/c1-13-11-16(9-10-25-13)21(14(2)26,15-3-5-17(22)6-4-15)19-8-7-18(23)12-20(19)24/h3-12H,1-2H3. The molecule has 5 heteroatoms. The van der Waals surface area contributed by atoms with E-state index in [1.165, 1.54) is 19.1 Å². The van der Waals surface area contributed by atoms with Crippen LogP contribution in [0.5, 0.6) is 0 Å². The van der Waals surface area contributed by atoms with E-state index in [9.17, 15) is 13.6 Å². The number of nitrogens with zero attached hydrogens (tertiary/aromatic N) is 1. The summed E-state index contributed by atoms with van der Waals surface area (Å²) in [5.74, 6) is -1.72. The number of pyridine rings is 1. The second-order valence-electron chi connectivity index (χ2n) is 6.12. The molecular formula is C21H16BrF2NO. The lowest BCUT2D eigenvalue weighted by molar-refractivity contribution is -0.120. The fraction of sp³-hybridized carbons (Fsp3) is 0.143. The molecule has 0 aliphatic carbocycles. The molecule has 3 rings (SSSR count). The van der Waals surface area contributed by atoms with Crippen molar-refractivity contribution in [2.75, 3.05) is 0 Å². The van der Waals surface area contributed by atoms with Crippen molar-refractivity contribution in [1.29, 1.82) is 0 Å². The molecule has 0 radical (unpaired) electrons. The van der Waals surface area contributed by atoms with Gasteiger partial charge in [-0.2, -0.15) is 0 Å². The van der Waals surface area contributed by atoms with Gasteiger partial charge in [0.15, 0.2) is 0 Å². The summed E-state index contributed by atoms with van der Waals surface area (Å²) in [6.07, 6.45) is 1.59. The summed E-state index contributed by atoms with van der Waals surface area (Å²) in [4.78, 5) is 17.2. The van der Waals surface area contributed by atoms with Crippen molar-refractivity contribution in [3.8, 4) is 0 Å². The topological polar surface area (TPSA) is 30.0 Å². The summed E-state index contributed by atoms with van der Waals surface area (Å²) in [5, 5.41) is 0. The van der Waals surface area contributed by atoms with Crippen LogP contribution in [0.3, 0.4) is 0 Å². The highest BCUT2D eigenvalue weighted by atomic mass is 79.9. The Morgan fingerprint density at radius 3 is 2.27 bits per heavy atom. The van der Waals surface area contributed by atoms with Gasteiger partial charge < -0.3 is 0 Å². The Morgan fingerprint density at radius 2 is 1.69 bits per heavy atom. The number of hydrogen-bond donors (Lipinski definition) is 0. The fourth-order valence-corrected chi connectivity index (χ4v) is 3.61. The Balaban J connectivity index is 2.43. The zero-order valence-corrected chi connectivity index (χ0v) is 15.8. The molecule has 0 bridgehead atoms. The van der Waals surface area contributed by atoms with Gasteiger partial charge in [0.1, 0.15) is 22.8 Å². The lowest BCUT2D eigenvalue weighted by atomic mass is 9.67. The Morgan fingerprint density at radius 1 is 1.00 bits per heavy atom. The number of aryl methyl sites for hydroxylation is 1. The third kappa shape index (κ3) is 3.07. The minimum Gasteiger partial charge on any atom is -0.298 e. The van der Waals surface area contributed by atoms with E-state index in [0.717, 1.165) is 10.5 Å². The Kier molecular flexibility index (Phi) is 5.01. The first-order chi connectivity index (χ1) is 12.4. The molecule has 132 valence electrons. The Labute approximate surface area is 159 Å². The van der Waals surface area contributed by atoms with E-state index in [1.54, 1.807) is 49.5 Å². The van der Waals surface area contributed by atoms with Crippen LogP contribution in [0.2, 0.25) is 0 Å². The van der Waals surface area contributed by atoms with E-state index in [4.69, 9.17) is 0 Å². The van der Waals surface area contributed by atoms with Gasteiger partial charge in [0, 0.05) is 28.0 Å². The summed E-state index contributed by atoms with van der Waals surface area (Å²) in [6, 6.07) is 13.9. The minimum atomic E-state index is -1.40. The molecule has 2 nitrogen and oxygen atoms in total.